The molecule has 1 aromatic heterocycles. The van der Waals surface area contributed by atoms with Gasteiger partial charge in [0.1, 0.15) is 5.56 Å². The average molecular weight is 277 g/mol. The third-order valence-corrected chi connectivity index (χ3v) is 4.94. The van der Waals surface area contributed by atoms with Gasteiger partial charge in [0.2, 0.25) is 0 Å². The molecular weight excluding hydrogens is 254 g/mol. The van der Waals surface area contributed by atoms with Crippen LogP contribution in [0.5, 0.6) is 0 Å². The number of nitrogens with zero attached hydrogens (tertiary/aromatic N) is 1. The van der Waals surface area contributed by atoms with Crippen LogP contribution in [-0.2, 0) is 6.42 Å². The van der Waals surface area contributed by atoms with Gasteiger partial charge in [0.15, 0.2) is 5.76 Å². The zero-order valence-electron chi connectivity index (χ0n) is 11.9. The Hall–Kier alpha value is -1.32. The van der Waals surface area contributed by atoms with Crippen molar-refractivity contribution in [3.63, 3.8) is 0 Å². The van der Waals surface area contributed by atoms with Crippen molar-refractivity contribution in [2.45, 2.75) is 70.1 Å². The van der Waals surface area contributed by atoms with E-state index >= 15 is 0 Å². The largest absolute Gasteiger partial charge is 0.477 e. The number of aromatic nitrogens is 1. The zero-order valence-corrected chi connectivity index (χ0v) is 11.9. The normalized spacial score (nSPS) is 21.4. The van der Waals surface area contributed by atoms with Crippen molar-refractivity contribution in [2.75, 3.05) is 0 Å². The SMILES string of the molecule is O=C(O)c1c(CC2CCCCC2)noc1C1CCCC1. The van der Waals surface area contributed by atoms with Crippen molar-refractivity contribution in [1.29, 1.82) is 0 Å². The number of carboxylic acid groups (broad SMARTS) is 1. The first-order valence-electron chi connectivity index (χ1n) is 7.97. The summed E-state index contributed by atoms with van der Waals surface area (Å²) in [5.41, 5.74) is 1.06. The summed E-state index contributed by atoms with van der Waals surface area (Å²) in [4.78, 5) is 11.6. The van der Waals surface area contributed by atoms with Crippen LogP contribution in [0.3, 0.4) is 0 Å². The van der Waals surface area contributed by atoms with E-state index in [1.165, 1.54) is 44.9 Å². The number of hydrogen-bond acceptors (Lipinski definition) is 3. The summed E-state index contributed by atoms with van der Waals surface area (Å²) in [5.74, 6) is 0.636. The van der Waals surface area contributed by atoms with Gasteiger partial charge in [-0.05, 0) is 25.2 Å². The highest BCUT2D eigenvalue weighted by Crippen LogP contribution is 2.38. The zero-order chi connectivity index (χ0) is 13.9. The van der Waals surface area contributed by atoms with Gasteiger partial charge in [-0.3, -0.25) is 0 Å². The fourth-order valence-electron chi connectivity index (χ4n) is 3.84. The van der Waals surface area contributed by atoms with Gasteiger partial charge in [-0.25, -0.2) is 4.79 Å². The second-order valence-electron chi connectivity index (χ2n) is 6.36. The third-order valence-electron chi connectivity index (χ3n) is 4.94. The van der Waals surface area contributed by atoms with Crippen molar-refractivity contribution in [1.82, 2.24) is 5.16 Å². The second kappa shape index (κ2) is 5.98. The minimum absolute atomic E-state index is 0.272. The molecule has 2 aliphatic carbocycles. The van der Waals surface area contributed by atoms with Crippen molar-refractivity contribution < 1.29 is 14.4 Å². The van der Waals surface area contributed by atoms with E-state index in [-0.39, 0.29) is 5.92 Å². The van der Waals surface area contributed by atoms with E-state index in [2.05, 4.69) is 5.16 Å². The highest BCUT2D eigenvalue weighted by molar-refractivity contribution is 5.90. The quantitative estimate of drug-likeness (QED) is 0.897. The molecule has 110 valence electrons. The standard InChI is InChI=1S/C16H23NO3/c18-16(19)14-13(10-11-6-2-1-3-7-11)17-20-15(14)12-8-4-5-9-12/h11-12H,1-10H2,(H,18,19). The van der Waals surface area contributed by atoms with E-state index in [9.17, 15) is 9.90 Å². The molecule has 1 heterocycles. The van der Waals surface area contributed by atoms with Crippen LogP contribution in [-0.4, -0.2) is 16.2 Å². The van der Waals surface area contributed by atoms with Crippen LogP contribution in [0.25, 0.3) is 0 Å². The summed E-state index contributed by atoms with van der Waals surface area (Å²) >= 11 is 0. The molecule has 4 nitrogen and oxygen atoms in total. The maximum atomic E-state index is 11.6. The Labute approximate surface area is 119 Å². The lowest BCUT2D eigenvalue weighted by atomic mass is 9.85. The molecule has 1 aromatic rings. The molecule has 0 spiro atoms. The summed E-state index contributed by atoms with van der Waals surface area (Å²) in [6.45, 7) is 0. The maximum absolute atomic E-state index is 11.6. The van der Waals surface area contributed by atoms with Crippen molar-refractivity contribution >= 4 is 5.97 Å². The molecule has 3 rings (SSSR count). The predicted molar refractivity (Wildman–Crippen MR) is 75.0 cm³/mol. The van der Waals surface area contributed by atoms with Crippen LogP contribution >= 0.6 is 0 Å². The van der Waals surface area contributed by atoms with E-state index in [0.717, 1.165) is 19.3 Å². The van der Waals surface area contributed by atoms with Gasteiger partial charge in [-0.1, -0.05) is 50.1 Å². The number of rotatable bonds is 4. The highest BCUT2D eigenvalue weighted by Gasteiger charge is 2.31. The van der Waals surface area contributed by atoms with Gasteiger partial charge >= 0.3 is 5.97 Å². The lowest BCUT2D eigenvalue weighted by Crippen LogP contribution is -2.13. The van der Waals surface area contributed by atoms with Crippen molar-refractivity contribution in [2.24, 2.45) is 5.92 Å². The lowest BCUT2D eigenvalue weighted by Gasteiger charge is -2.20. The number of aromatic carboxylic acids is 1. The molecule has 0 bridgehead atoms. The Morgan fingerprint density at radius 1 is 1.10 bits per heavy atom. The summed E-state index contributed by atoms with van der Waals surface area (Å²) < 4.78 is 5.45. The predicted octanol–water partition coefficient (Wildman–Crippen LogP) is 4.15. The summed E-state index contributed by atoms with van der Waals surface area (Å²) in [7, 11) is 0. The molecule has 0 saturated heterocycles. The van der Waals surface area contributed by atoms with E-state index in [4.69, 9.17) is 4.52 Å². The third kappa shape index (κ3) is 2.74. The molecule has 0 unspecified atom stereocenters. The Morgan fingerprint density at radius 3 is 2.40 bits per heavy atom. The molecule has 0 aliphatic heterocycles. The number of carbonyl (C=O) groups is 1. The van der Waals surface area contributed by atoms with Gasteiger partial charge in [0.25, 0.3) is 0 Å². The Morgan fingerprint density at radius 2 is 1.75 bits per heavy atom. The number of hydrogen-bond donors (Lipinski definition) is 1. The van der Waals surface area contributed by atoms with Gasteiger partial charge in [-0.15, -0.1) is 0 Å². The molecule has 0 atom stereocenters. The molecule has 20 heavy (non-hydrogen) atoms. The van der Waals surface area contributed by atoms with Crippen LogP contribution in [0.1, 0.15) is 85.5 Å². The van der Waals surface area contributed by atoms with Gasteiger partial charge in [0, 0.05) is 5.92 Å². The van der Waals surface area contributed by atoms with E-state index in [1.54, 1.807) is 0 Å². The molecule has 2 saturated carbocycles. The molecule has 0 radical (unpaired) electrons. The lowest BCUT2D eigenvalue weighted by molar-refractivity contribution is 0.0692. The fourth-order valence-corrected chi connectivity index (χ4v) is 3.84. The van der Waals surface area contributed by atoms with Crippen LogP contribution < -0.4 is 0 Å². The summed E-state index contributed by atoms with van der Waals surface area (Å²) in [5, 5.41) is 13.6. The van der Waals surface area contributed by atoms with E-state index in [0.29, 0.717) is 22.9 Å². The van der Waals surface area contributed by atoms with Gasteiger partial charge in [-0.2, -0.15) is 0 Å². The first-order chi connectivity index (χ1) is 9.75. The molecule has 1 N–H and O–H groups in total. The molecule has 2 fully saturated rings. The van der Waals surface area contributed by atoms with Crippen molar-refractivity contribution in [3.05, 3.63) is 17.0 Å². The highest BCUT2D eigenvalue weighted by atomic mass is 16.5. The average Bonchev–Trinajstić information content (AvgIpc) is 3.08. The molecule has 0 aromatic carbocycles. The second-order valence-corrected chi connectivity index (χ2v) is 6.36. The van der Waals surface area contributed by atoms with Crippen LogP contribution in [0.15, 0.2) is 4.52 Å². The number of carboxylic acids is 1. The molecule has 4 heteroatoms. The van der Waals surface area contributed by atoms with Crippen molar-refractivity contribution in [3.8, 4) is 0 Å². The first-order valence-corrected chi connectivity index (χ1v) is 7.97. The molecule has 2 aliphatic rings. The van der Waals surface area contributed by atoms with Crippen LogP contribution in [0.4, 0.5) is 0 Å². The van der Waals surface area contributed by atoms with Crippen LogP contribution in [0, 0.1) is 5.92 Å². The molecule has 0 amide bonds. The van der Waals surface area contributed by atoms with Gasteiger partial charge < -0.3 is 9.63 Å². The maximum Gasteiger partial charge on any atom is 0.341 e. The van der Waals surface area contributed by atoms with Crippen LogP contribution in [0.2, 0.25) is 0 Å². The Bertz CT molecular complexity index is 468. The summed E-state index contributed by atoms with van der Waals surface area (Å²) in [6, 6.07) is 0. The minimum Gasteiger partial charge on any atom is -0.477 e. The Kier molecular flexibility index (Phi) is 4.08. The van der Waals surface area contributed by atoms with E-state index in [1.807, 2.05) is 0 Å². The van der Waals surface area contributed by atoms with E-state index < -0.39 is 5.97 Å². The monoisotopic (exact) mass is 277 g/mol. The topological polar surface area (TPSA) is 63.3 Å². The molecular formula is C16H23NO3. The fraction of sp³-hybridized carbons (Fsp3) is 0.750. The Balaban J connectivity index is 1.80. The summed E-state index contributed by atoms with van der Waals surface area (Å²) in [6.07, 6.45) is 11.4. The first kappa shape index (κ1) is 13.7. The smallest absolute Gasteiger partial charge is 0.341 e. The van der Waals surface area contributed by atoms with Gasteiger partial charge in [0.05, 0.1) is 5.69 Å². The minimum atomic E-state index is -0.862.